The van der Waals surface area contributed by atoms with Crippen molar-refractivity contribution in [1.29, 1.82) is 0 Å². The van der Waals surface area contributed by atoms with E-state index in [9.17, 15) is 9.90 Å². The third-order valence-corrected chi connectivity index (χ3v) is 4.01. The van der Waals surface area contributed by atoms with Gasteiger partial charge in [0.05, 0.1) is 6.04 Å². The highest BCUT2D eigenvalue weighted by molar-refractivity contribution is 5.76. The summed E-state index contributed by atoms with van der Waals surface area (Å²) in [5.74, 6) is 1.55. The number of phenols is 1. The van der Waals surface area contributed by atoms with Gasteiger partial charge in [0.2, 0.25) is 5.91 Å². The number of phenolic OH excluding ortho intramolecular Hbond substituents is 1. The number of hydrogen-bond acceptors (Lipinski definition) is 4. The molecule has 22 heavy (non-hydrogen) atoms. The Labute approximate surface area is 129 Å². The molecule has 1 atom stereocenters. The molecule has 1 amide bonds. The summed E-state index contributed by atoms with van der Waals surface area (Å²) >= 11 is 0. The summed E-state index contributed by atoms with van der Waals surface area (Å²) in [5, 5.41) is 16.4. The molecule has 0 bridgehead atoms. The lowest BCUT2D eigenvalue weighted by Crippen LogP contribution is -2.32. The molecule has 1 aliphatic carbocycles. The lowest BCUT2D eigenvalue weighted by molar-refractivity contribution is -0.122. The zero-order valence-electron chi connectivity index (χ0n) is 12.6. The first-order valence-corrected chi connectivity index (χ1v) is 7.54. The fourth-order valence-electron chi connectivity index (χ4n) is 2.58. The third kappa shape index (κ3) is 3.44. The Bertz CT molecular complexity index is 646. The van der Waals surface area contributed by atoms with Crippen LogP contribution in [0.15, 0.2) is 30.6 Å². The third-order valence-electron chi connectivity index (χ3n) is 4.01. The second-order valence-electron chi connectivity index (χ2n) is 5.79. The van der Waals surface area contributed by atoms with Crippen molar-refractivity contribution in [3.05, 3.63) is 42.0 Å². The highest BCUT2D eigenvalue weighted by atomic mass is 16.3. The molecule has 3 rings (SSSR count). The monoisotopic (exact) mass is 300 g/mol. The molecule has 1 aliphatic rings. The minimum atomic E-state index is -0.0418. The molecule has 0 saturated heterocycles. The van der Waals surface area contributed by atoms with E-state index in [1.165, 1.54) is 6.33 Å². The van der Waals surface area contributed by atoms with Gasteiger partial charge in [0.25, 0.3) is 0 Å². The summed E-state index contributed by atoms with van der Waals surface area (Å²) in [4.78, 5) is 16.5. The van der Waals surface area contributed by atoms with Crippen LogP contribution in [-0.4, -0.2) is 25.8 Å². The fourth-order valence-corrected chi connectivity index (χ4v) is 2.58. The predicted molar refractivity (Wildman–Crippen MR) is 81.0 cm³/mol. The summed E-state index contributed by atoms with van der Waals surface area (Å²) in [6.45, 7) is 0. The van der Waals surface area contributed by atoms with Gasteiger partial charge in [-0.15, -0.1) is 0 Å². The molecule has 0 radical (unpaired) electrons. The molecule has 6 heteroatoms. The fraction of sp³-hybridized carbons (Fsp3) is 0.438. The molecule has 1 unspecified atom stereocenters. The lowest BCUT2D eigenvalue weighted by Gasteiger charge is -2.17. The minimum absolute atomic E-state index is 0.0213. The predicted octanol–water partition coefficient (Wildman–Crippen LogP) is 1.72. The van der Waals surface area contributed by atoms with Crippen LogP contribution in [0.1, 0.15) is 36.7 Å². The second kappa shape index (κ2) is 6.17. The van der Waals surface area contributed by atoms with Gasteiger partial charge in [0.15, 0.2) is 0 Å². The number of carbonyl (C=O) groups is 1. The number of aryl methyl sites for hydroxylation is 2. The smallest absolute Gasteiger partial charge is 0.220 e. The van der Waals surface area contributed by atoms with Crippen LogP contribution in [0, 0.1) is 5.92 Å². The summed E-state index contributed by atoms with van der Waals surface area (Å²) in [5.41, 5.74) is 1.04. The van der Waals surface area contributed by atoms with Crippen molar-refractivity contribution in [3.63, 3.8) is 0 Å². The van der Waals surface area contributed by atoms with Crippen molar-refractivity contribution in [2.75, 3.05) is 0 Å². The average Bonchev–Trinajstić information content (AvgIpc) is 3.26. The van der Waals surface area contributed by atoms with E-state index in [4.69, 9.17) is 0 Å². The van der Waals surface area contributed by atoms with Crippen LogP contribution in [0.2, 0.25) is 0 Å². The van der Waals surface area contributed by atoms with E-state index in [2.05, 4.69) is 15.4 Å². The van der Waals surface area contributed by atoms with Gasteiger partial charge >= 0.3 is 0 Å². The largest absolute Gasteiger partial charge is 0.508 e. The lowest BCUT2D eigenvalue weighted by atomic mass is 10.1. The van der Waals surface area contributed by atoms with Crippen LogP contribution in [0.3, 0.4) is 0 Å². The molecular weight excluding hydrogens is 280 g/mol. The molecule has 6 nitrogen and oxygen atoms in total. The van der Waals surface area contributed by atoms with Gasteiger partial charge in [-0.05, 0) is 42.9 Å². The molecule has 116 valence electrons. The maximum absolute atomic E-state index is 12.2. The Morgan fingerprint density at radius 3 is 2.73 bits per heavy atom. The quantitative estimate of drug-likeness (QED) is 0.851. The van der Waals surface area contributed by atoms with E-state index in [0.717, 1.165) is 24.2 Å². The number of amides is 1. The van der Waals surface area contributed by atoms with Gasteiger partial charge in [0, 0.05) is 13.5 Å². The van der Waals surface area contributed by atoms with Crippen LogP contribution in [0.5, 0.6) is 5.75 Å². The molecule has 0 aliphatic heterocycles. The summed E-state index contributed by atoms with van der Waals surface area (Å²) < 4.78 is 1.73. The van der Waals surface area contributed by atoms with E-state index in [1.54, 1.807) is 16.8 Å². The number of rotatable bonds is 6. The maximum atomic E-state index is 12.2. The van der Waals surface area contributed by atoms with E-state index >= 15 is 0 Å². The molecular formula is C16H20N4O2. The molecule has 2 N–H and O–H groups in total. The van der Waals surface area contributed by atoms with E-state index in [1.807, 2.05) is 19.2 Å². The Morgan fingerprint density at radius 1 is 1.41 bits per heavy atom. The van der Waals surface area contributed by atoms with Crippen molar-refractivity contribution in [1.82, 2.24) is 20.1 Å². The number of aromatic hydroxyl groups is 1. The second-order valence-corrected chi connectivity index (χ2v) is 5.79. The first kappa shape index (κ1) is 14.6. The first-order chi connectivity index (χ1) is 10.6. The highest BCUT2D eigenvalue weighted by Gasteiger charge is 2.35. The van der Waals surface area contributed by atoms with Gasteiger partial charge in [-0.25, -0.2) is 4.98 Å². The molecule has 1 fully saturated rings. The molecule has 1 saturated carbocycles. The Balaban J connectivity index is 1.58. The number of benzene rings is 1. The zero-order chi connectivity index (χ0) is 15.5. The number of hydrogen-bond donors (Lipinski definition) is 2. The number of aromatic nitrogens is 3. The van der Waals surface area contributed by atoms with Gasteiger partial charge < -0.3 is 10.4 Å². The molecule has 1 aromatic heterocycles. The molecule has 1 aromatic carbocycles. The zero-order valence-corrected chi connectivity index (χ0v) is 12.6. The van der Waals surface area contributed by atoms with E-state index < -0.39 is 0 Å². The molecule has 1 heterocycles. The first-order valence-electron chi connectivity index (χ1n) is 7.54. The molecule has 0 spiro atoms. The van der Waals surface area contributed by atoms with Gasteiger partial charge in [-0.3, -0.25) is 9.48 Å². The number of nitrogens with zero attached hydrogens (tertiary/aromatic N) is 3. The molecule has 2 aromatic rings. The van der Waals surface area contributed by atoms with Crippen molar-refractivity contribution in [2.45, 2.75) is 31.7 Å². The number of nitrogens with one attached hydrogen (secondary N) is 1. The summed E-state index contributed by atoms with van der Waals surface area (Å²) in [7, 11) is 1.85. The standard InChI is InChI=1S/C16H20N4O2/c1-20-16(17-10-18-20)15(12-5-6-12)19-14(22)9-4-11-2-7-13(21)8-3-11/h2-3,7-8,10,12,15,21H,4-6,9H2,1H3,(H,19,22). The van der Waals surface area contributed by atoms with Crippen LogP contribution < -0.4 is 5.32 Å². The summed E-state index contributed by atoms with van der Waals surface area (Å²) in [6, 6.07) is 6.91. The number of carbonyl (C=O) groups excluding carboxylic acids is 1. The average molecular weight is 300 g/mol. The van der Waals surface area contributed by atoms with Gasteiger partial charge in [0.1, 0.15) is 17.9 Å². The Kier molecular flexibility index (Phi) is 4.09. The van der Waals surface area contributed by atoms with Crippen molar-refractivity contribution < 1.29 is 9.90 Å². The van der Waals surface area contributed by atoms with Gasteiger partial charge in [-0.2, -0.15) is 5.10 Å². The van der Waals surface area contributed by atoms with Crippen molar-refractivity contribution in [2.24, 2.45) is 13.0 Å². The highest BCUT2D eigenvalue weighted by Crippen LogP contribution is 2.40. The maximum Gasteiger partial charge on any atom is 0.220 e. The Hall–Kier alpha value is -2.37. The summed E-state index contributed by atoms with van der Waals surface area (Å²) in [6.07, 6.45) is 4.84. The van der Waals surface area contributed by atoms with Crippen LogP contribution in [0.4, 0.5) is 0 Å². The van der Waals surface area contributed by atoms with Crippen molar-refractivity contribution >= 4 is 5.91 Å². The topological polar surface area (TPSA) is 80.0 Å². The minimum Gasteiger partial charge on any atom is -0.508 e. The normalized spacial score (nSPS) is 15.5. The SMILES string of the molecule is Cn1ncnc1C(NC(=O)CCc1ccc(O)cc1)C1CC1. The van der Waals surface area contributed by atoms with Crippen LogP contribution in [-0.2, 0) is 18.3 Å². The van der Waals surface area contributed by atoms with Crippen molar-refractivity contribution in [3.8, 4) is 5.75 Å². The van der Waals surface area contributed by atoms with Gasteiger partial charge in [-0.1, -0.05) is 12.1 Å². The van der Waals surface area contributed by atoms with E-state index in [0.29, 0.717) is 18.8 Å². The van der Waals surface area contributed by atoms with Crippen LogP contribution in [0.25, 0.3) is 0 Å². The Morgan fingerprint density at radius 2 is 2.14 bits per heavy atom. The van der Waals surface area contributed by atoms with Crippen LogP contribution >= 0.6 is 0 Å². The van der Waals surface area contributed by atoms with E-state index in [-0.39, 0.29) is 17.7 Å².